The van der Waals surface area contributed by atoms with Crippen LogP contribution in [0.1, 0.15) is 40.3 Å². The SMILES string of the molecule is COc1cc(C)c(CN(C)Cc2nnc(-c3cc4c(s3)CCCC4)o2)cc1OC. The van der Waals surface area contributed by atoms with E-state index in [1.807, 2.05) is 19.2 Å². The maximum Gasteiger partial charge on any atom is 0.257 e. The third kappa shape index (κ3) is 4.31. The predicted molar refractivity (Wildman–Crippen MR) is 114 cm³/mol. The zero-order valence-corrected chi connectivity index (χ0v) is 18.3. The van der Waals surface area contributed by atoms with Crippen LogP contribution in [0.2, 0.25) is 0 Å². The van der Waals surface area contributed by atoms with E-state index in [2.05, 4.69) is 28.1 Å². The van der Waals surface area contributed by atoms with Crippen LogP contribution in [0.25, 0.3) is 10.8 Å². The summed E-state index contributed by atoms with van der Waals surface area (Å²) in [5.74, 6) is 2.75. The lowest BCUT2D eigenvalue weighted by Gasteiger charge is -2.18. The largest absolute Gasteiger partial charge is 0.493 e. The standard InChI is InChI=1S/C22H27N3O3S/c1-14-9-17(26-3)18(27-4)10-16(14)12-25(2)13-21-23-24-22(28-21)20-11-15-7-5-6-8-19(15)29-20/h9-11H,5-8,12-13H2,1-4H3. The minimum absolute atomic E-state index is 0.589. The fraction of sp³-hybridized carbons (Fsp3) is 0.455. The summed E-state index contributed by atoms with van der Waals surface area (Å²) in [4.78, 5) is 4.73. The molecule has 6 nitrogen and oxygen atoms in total. The van der Waals surface area contributed by atoms with Crippen LogP contribution in [0.3, 0.4) is 0 Å². The molecule has 0 saturated carbocycles. The van der Waals surface area contributed by atoms with Crippen molar-refractivity contribution >= 4 is 11.3 Å². The van der Waals surface area contributed by atoms with Gasteiger partial charge in [-0.3, -0.25) is 4.90 Å². The van der Waals surface area contributed by atoms with Crippen molar-refractivity contribution in [3.8, 4) is 22.3 Å². The Morgan fingerprint density at radius 3 is 2.55 bits per heavy atom. The van der Waals surface area contributed by atoms with Crippen LogP contribution in [-0.2, 0) is 25.9 Å². The van der Waals surface area contributed by atoms with Crippen molar-refractivity contribution in [2.45, 2.75) is 45.7 Å². The highest BCUT2D eigenvalue weighted by Crippen LogP contribution is 2.35. The van der Waals surface area contributed by atoms with Gasteiger partial charge in [0.05, 0.1) is 25.6 Å². The van der Waals surface area contributed by atoms with E-state index < -0.39 is 0 Å². The summed E-state index contributed by atoms with van der Waals surface area (Å²) in [6.07, 6.45) is 4.90. The van der Waals surface area contributed by atoms with E-state index in [1.54, 1.807) is 25.6 Å². The molecule has 7 heteroatoms. The van der Waals surface area contributed by atoms with Gasteiger partial charge in [0.2, 0.25) is 5.89 Å². The van der Waals surface area contributed by atoms with Crippen LogP contribution < -0.4 is 9.47 Å². The molecule has 0 fully saturated rings. The third-order valence-corrected chi connectivity index (χ3v) is 6.59. The highest BCUT2D eigenvalue weighted by atomic mass is 32.1. The van der Waals surface area contributed by atoms with Gasteiger partial charge in [-0.25, -0.2) is 0 Å². The van der Waals surface area contributed by atoms with Crippen molar-refractivity contribution in [2.24, 2.45) is 0 Å². The van der Waals surface area contributed by atoms with Crippen LogP contribution in [0.4, 0.5) is 0 Å². The van der Waals surface area contributed by atoms with E-state index in [0.29, 0.717) is 18.3 Å². The van der Waals surface area contributed by atoms with Gasteiger partial charge in [0.15, 0.2) is 11.5 Å². The molecule has 1 aliphatic carbocycles. The average molecular weight is 414 g/mol. The molecule has 0 radical (unpaired) electrons. The quantitative estimate of drug-likeness (QED) is 0.563. The number of aryl methyl sites for hydroxylation is 3. The molecule has 0 atom stereocenters. The smallest absolute Gasteiger partial charge is 0.257 e. The second-order valence-electron chi connectivity index (χ2n) is 7.57. The van der Waals surface area contributed by atoms with Gasteiger partial charge in [0, 0.05) is 11.4 Å². The second kappa shape index (κ2) is 8.55. The Morgan fingerprint density at radius 1 is 1.03 bits per heavy atom. The first-order valence-corrected chi connectivity index (χ1v) is 10.7. The van der Waals surface area contributed by atoms with Gasteiger partial charge in [-0.15, -0.1) is 21.5 Å². The van der Waals surface area contributed by atoms with Gasteiger partial charge in [-0.2, -0.15) is 0 Å². The normalized spacial score (nSPS) is 13.6. The van der Waals surface area contributed by atoms with E-state index in [9.17, 15) is 0 Å². The fourth-order valence-corrected chi connectivity index (χ4v) is 4.96. The summed E-state index contributed by atoms with van der Waals surface area (Å²) >= 11 is 1.80. The van der Waals surface area contributed by atoms with Gasteiger partial charge in [-0.1, -0.05) is 0 Å². The lowest BCUT2D eigenvalue weighted by atomic mass is 9.99. The number of rotatable bonds is 7. The summed E-state index contributed by atoms with van der Waals surface area (Å²) < 4.78 is 16.8. The van der Waals surface area contributed by atoms with Gasteiger partial charge >= 0.3 is 0 Å². The Labute approximate surface area is 175 Å². The number of benzene rings is 1. The number of fused-ring (bicyclic) bond motifs is 1. The Morgan fingerprint density at radius 2 is 1.79 bits per heavy atom. The molecule has 0 unspecified atom stereocenters. The second-order valence-corrected chi connectivity index (χ2v) is 8.71. The van der Waals surface area contributed by atoms with Gasteiger partial charge in [-0.05, 0) is 74.5 Å². The zero-order chi connectivity index (χ0) is 20.4. The van der Waals surface area contributed by atoms with Crippen molar-refractivity contribution in [2.75, 3.05) is 21.3 Å². The zero-order valence-electron chi connectivity index (χ0n) is 17.4. The van der Waals surface area contributed by atoms with Crippen molar-refractivity contribution in [3.63, 3.8) is 0 Å². The van der Waals surface area contributed by atoms with Crippen LogP contribution in [-0.4, -0.2) is 36.4 Å². The highest BCUT2D eigenvalue weighted by molar-refractivity contribution is 7.15. The number of aromatic nitrogens is 2. The number of methoxy groups -OCH3 is 2. The van der Waals surface area contributed by atoms with Crippen molar-refractivity contribution in [3.05, 3.63) is 45.7 Å². The summed E-state index contributed by atoms with van der Waals surface area (Å²) in [5.41, 5.74) is 3.79. The highest BCUT2D eigenvalue weighted by Gasteiger charge is 2.18. The van der Waals surface area contributed by atoms with E-state index >= 15 is 0 Å². The molecule has 29 heavy (non-hydrogen) atoms. The fourth-order valence-electron chi connectivity index (χ4n) is 3.78. The lowest BCUT2D eigenvalue weighted by Crippen LogP contribution is -2.18. The predicted octanol–water partition coefficient (Wildman–Crippen LogP) is 4.63. The maximum absolute atomic E-state index is 5.97. The minimum atomic E-state index is 0.589. The van der Waals surface area contributed by atoms with E-state index in [4.69, 9.17) is 13.9 Å². The summed E-state index contributed by atoms with van der Waals surface area (Å²) in [6, 6.07) is 6.26. The molecule has 0 aliphatic heterocycles. The van der Waals surface area contributed by atoms with Crippen molar-refractivity contribution in [1.82, 2.24) is 15.1 Å². The van der Waals surface area contributed by atoms with Crippen LogP contribution in [0.5, 0.6) is 11.5 Å². The molecular weight excluding hydrogens is 386 g/mol. The number of hydrogen-bond acceptors (Lipinski definition) is 7. The minimum Gasteiger partial charge on any atom is -0.493 e. The first-order valence-electron chi connectivity index (χ1n) is 9.91. The van der Waals surface area contributed by atoms with E-state index in [-0.39, 0.29) is 0 Å². The molecular formula is C22H27N3O3S. The first-order chi connectivity index (χ1) is 14.1. The molecule has 0 amide bonds. The van der Waals surface area contributed by atoms with Gasteiger partial charge in [0.25, 0.3) is 5.89 Å². The molecule has 1 aliphatic rings. The van der Waals surface area contributed by atoms with Gasteiger partial charge < -0.3 is 13.9 Å². The number of nitrogens with zero attached hydrogens (tertiary/aromatic N) is 3. The molecule has 0 spiro atoms. The molecule has 1 aromatic carbocycles. The number of ether oxygens (including phenoxy) is 2. The molecule has 2 aromatic heterocycles. The first kappa shape index (κ1) is 19.9. The van der Waals surface area contributed by atoms with Crippen LogP contribution in [0, 0.1) is 6.92 Å². The molecule has 2 heterocycles. The molecule has 4 rings (SSSR count). The number of hydrogen-bond donors (Lipinski definition) is 0. The van der Waals surface area contributed by atoms with E-state index in [1.165, 1.54) is 41.7 Å². The lowest BCUT2D eigenvalue weighted by molar-refractivity contribution is 0.281. The molecule has 0 N–H and O–H groups in total. The Bertz CT molecular complexity index is 972. The van der Waals surface area contributed by atoms with Crippen LogP contribution >= 0.6 is 11.3 Å². The summed E-state index contributed by atoms with van der Waals surface area (Å²) in [5, 5.41) is 8.56. The molecule has 3 aromatic rings. The molecule has 154 valence electrons. The topological polar surface area (TPSA) is 60.6 Å². The summed E-state index contributed by atoms with van der Waals surface area (Å²) in [7, 11) is 5.35. The maximum atomic E-state index is 5.97. The summed E-state index contributed by atoms with van der Waals surface area (Å²) in [6.45, 7) is 3.41. The van der Waals surface area contributed by atoms with E-state index in [0.717, 1.165) is 28.5 Å². The number of thiophene rings is 1. The molecule has 0 saturated heterocycles. The van der Waals surface area contributed by atoms with Crippen LogP contribution in [0.15, 0.2) is 22.6 Å². The van der Waals surface area contributed by atoms with Crippen molar-refractivity contribution < 1.29 is 13.9 Å². The Kier molecular flexibility index (Phi) is 5.87. The van der Waals surface area contributed by atoms with Crippen molar-refractivity contribution in [1.29, 1.82) is 0 Å². The Hall–Kier alpha value is -2.38. The Balaban J connectivity index is 1.44. The average Bonchev–Trinajstić information content (AvgIpc) is 3.35. The molecule has 0 bridgehead atoms. The van der Waals surface area contributed by atoms with Gasteiger partial charge in [0.1, 0.15) is 0 Å². The monoisotopic (exact) mass is 413 g/mol. The third-order valence-electron chi connectivity index (χ3n) is 5.36.